The Kier molecular flexibility index (Phi) is 4.75. The summed E-state index contributed by atoms with van der Waals surface area (Å²) in [5.74, 6) is 0. The van der Waals surface area contributed by atoms with E-state index in [1.165, 1.54) is 16.6 Å². The van der Waals surface area contributed by atoms with Crippen LogP contribution in [0.4, 0.5) is 0 Å². The Balaban J connectivity index is 1.58. The second-order valence-corrected chi connectivity index (χ2v) is 8.70. The number of hydrogen-bond acceptors (Lipinski definition) is 5. The van der Waals surface area contributed by atoms with Crippen LogP contribution in [0.2, 0.25) is 0 Å². The van der Waals surface area contributed by atoms with Crippen molar-refractivity contribution in [2.45, 2.75) is 36.0 Å². The highest BCUT2D eigenvalue weighted by molar-refractivity contribution is 7.89. The maximum Gasteiger partial charge on any atom is 0.240 e. The average Bonchev–Trinajstić information content (AvgIpc) is 3.40. The number of benzene rings is 2. The van der Waals surface area contributed by atoms with Crippen LogP contribution in [-0.2, 0) is 15.4 Å². The van der Waals surface area contributed by atoms with Gasteiger partial charge in [0.2, 0.25) is 10.0 Å². The van der Waals surface area contributed by atoms with Gasteiger partial charge in [-0.15, -0.1) is 5.10 Å². The van der Waals surface area contributed by atoms with Gasteiger partial charge in [-0.05, 0) is 47.0 Å². The molecule has 1 aliphatic rings. The summed E-state index contributed by atoms with van der Waals surface area (Å²) in [4.78, 5) is 0.205. The molecule has 0 amide bonds. The quantitative estimate of drug-likeness (QED) is 0.706. The lowest BCUT2D eigenvalue weighted by Crippen LogP contribution is -2.39. The van der Waals surface area contributed by atoms with Crippen LogP contribution >= 0.6 is 0 Å². The summed E-state index contributed by atoms with van der Waals surface area (Å²) in [5, 5.41) is 11.0. The van der Waals surface area contributed by atoms with Gasteiger partial charge in [0.25, 0.3) is 0 Å². The van der Waals surface area contributed by atoms with E-state index in [0.29, 0.717) is 12.2 Å². The van der Waals surface area contributed by atoms with E-state index in [1.807, 2.05) is 18.2 Å². The normalized spacial score (nSPS) is 16.4. The van der Waals surface area contributed by atoms with Gasteiger partial charge in [-0.25, -0.2) is 17.8 Å². The third-order valence-electron chi connectivity index (χ3n) is 5.29. The minimum atomic E-state index is -3.64. The lowest BCUT2D eigenvalue weighted by Gasteiger charge is -2.30. The average molecular weight is 383 g/mol. The lowest BCUT2D eigenvalue weighted by atomic mass is 9.79. The number of sulfonamides is 1. The van der Waals surface area contributed by atoms with Gasteiger partial charge in [-0.1, -0.05) is 49.2 Å². The molecule has 0 atom stereocenters. The topological polar surface area (TPSA) is 89.8 Å². The van der Waals surface area contributed by atoms with Crippen molar-refractivity contribution in [3.05, 3.63) is 66.5 Å². The van der Waals surface area contributed by atoms with E-state index in [2.05, 4.69) is 32.4 Å². The second-order valence-electron chi connectivity index (χ2n) is 6.93. The van der Waals surface area contributed by atoms with E-state index in [-0.39, 0.29) is 10.3 Å². The van der Waals surface area contributed by atoms with Crippen molar-refractivity contribution in [2.75, 3.05) is 6.54 Å². The Bertz CT molecular complexity index is 998. The van der Waals surface area contributed by atoms with E-state index in [9.17, 15) is 8.42 Å². The molecule has 0 saturated heterocycles. The Morgan fingerprint density at radius 3 is 2.52 bits per heavy atom. The Morgan fingerprint density at radius 1 is 1.04 bits per heavy atom. The number of hydrogen-bond donors (Lipinski definition) is 1. The highest BCUT2D eigenvalue weighted by atomic mass is 32.2. The Morgan fingerprint density at radius 2 is 1.81 bits per heavy atom. The maximum atomic E-state index is 12.9. The van der Waals surface area contributed by atoms with E-state index in [1.54, 1.807) is 24.3 Å². The van der Waals surface area contributed by atoms with Crippen LogP contribution in [0.15, 0.2) is 65.8 Å². The molecule has 8 heteroatoms. The highest BCUT2D eigenvalue weighted by Gasteiger charge is 2.36. The van der Waals surface area contributed by atoms with Crippen molar-refractivity contribution in [1.29, 1.82) is 0 Å². The molecule has 1 saturated carbocycles. The predicted molar refractivity (Wildman–Crippen MR) is 101 cm³/mol. The standard InChI is InChI=1S/C19H21N5O2S/c25-27(26,18-10-6-9-17(13-18)24-15-20-22-23-24)21-14-19(11-4-5-12-19)16-7-2-1-3-8-16/h1-3,6-10,13,15,21H,4-5,11-12,14H2. The van der Waals surface area contributed by atoms with Crippen molar-refractivity contribution < 1.29 is 8.42 Å². The molecule has 1 N–H and O–H groups in total. The zero-order valence-electron chi connectivity index (χ0n) is 14.8. The molecule has 1 heterocycles. The number of tetrazole rings is 1. The van der Waals surface area contributed by atoms with Crippen molar-refractivity contribution in [3.8, 4) is 5.69 Å². The van der Waals surface area contributed by atoms with Crippen LogP contribution in [0.3, 0.4) is 0 Å². The molecule has 1 aliphatic carbocycles. The molecule has 4 rings (SSSR count). The minimum absolute atomic E-state index is 0.137. The fourth-order valence-corrected chi connectivity index (χ4v) is 4.97. The van der Waals surface area contributed by atoms with Gasteiger partial charge in [0, 0.05) is 12.0 Å². The van der Waals surface area contributed by atoms with Gasteiger partial charge in [0.1, 0.15) is 6.33 Å². The molecule has 0 aliphatic heterocycles. The number of nitrogens with one attached hydrogen (secondary N) is 1. The lowest BCUT2D eigenvalue weighted by molar-refractivity contribution is 0.432. The fraction of sp³-hybridized carbons (Fsp3) is 0.316. The van der Waals surface area contributed by atoms with E-state index >= 15 is 0 Å². The summed E-state index contributed by atoms with van der Waals surface area (Å²) in [7, 11) is -3.64. The largest absolute Gasteiger partial charge is 0.240 e. The van der Waals surface area contributed by atoms with Crippen LogP contribution in [0.25, 0.3) is 5.69 Å². The molecule has 7 nitrogen and oxygen atoms in total. The van der Waals surface area contributed by atoms with Crippen LogP contribution in [0, 0.1) is 0 Å². The van der Waals surface area contributed by atoms with Gasteiger partial charge in [0.05, 0.1) is 10.6 Å². The first-order valence-electron chi connectivity index (χ1n) is 8.98. The predicted octanol–water partition coefficient (Wildman–Crippen LogP) is 2.45. The molecule has 1 fully saturated rings. The molecule has 0 unspecified atom stereocenters. The van der Waals surface area contributed by atoms with Gasteiger partial charge >= 0.3 is 0 Å². The molecular weight excluding hydrogens is 362 g/mol. The third kappa shape index (κ3) is 3.63. The zero-order chi connectivity index (χ0) is 18.7. The fourth-order valence-electron chi connectivity index (χ4n) is 3.80. The summed E-state index contributed by atoms with van der Waals surface area (Å²) in [6, 6.07) is 16.8. The van der Waals surface area contributed by atoms with Gasteiger partial charge in [-0.2, -0.15) is 0 Å². The molecule has 0 spiro atoms. The van der Waals surface area contributed by atoms with Crippen molar-refractivity contribution >= 4 is 10.0 Å². The second kappa shape index (κ2) is 7.21. The molecule has 140 valence electrons. The first kappa shape index (κ1) is 17.8. The SMILES string of the molecule is O=S(=O)(NCC1(c2ccccc2)CCCC1)c1cccc(-n2cnnn2)c1. The first-order valence-corrected chi connectivity index (χ1v) is 10.5. The van der Waals surface area contributed by atoms with Crippen LogP contribution in [0.5, 0.6) is 0 Å². The van der Waals surface area contributed by atoms with Crippen molar-refractivity contribution in [3.63, 3.8) is 0 Å². The Hall–Kier alpha value is -2.58. The summed E-state index contributed by atoms with van der Waals surface area (Å²) in [6.45, 7) is 0.397. The molecule has 27 heavy (non-hydrogen) atoms. The maximum absolute atomic E-state index is 12.9. The Labute approximate surface area is 158 Å². The molecule has 2 aromatic carbocycles. The van der Waals surface area contributed by atoms with Crippen LogP contribution in [0.1, 0.15) is 31.2 Å². The molecule has 0 bridgehead atoms. The highest BCUT2D eigenvalue weighted by Crippen LogP contribution is 2.40. The minimum Gasteiger partial charge on any atom is -0.210 e. The number of aromatic nitrogens is 4. The molecule has 3 aromatic rings. The number of nitrogens with zero attached hydrogens (tertiary/aromatic N) is 4. The summed E-state index contributed by atoms with van der Waals surface area (Å²) >= 11 is 0. The molecule has 1 aromatic heterocycles. The van der Waals surface area contributed by atoms with E-state index < -0.39 is 10.0 Å². The summed E-state index contributed by atoms with van der Waals surface area (Å²) < 4.78 is 30.1. The van der Waals surface area contributed by atoms with Crippen LogP contribution in [-0.4, -0.2) is 35.2 Å². The molecular formula is C19H21N5O2S. The van der Waals surface area contributed by atoms with Gasteiger partial charge in [-0.3, -0.25) is 0 Å². The monoisotopic (exact) mass is 383 g/mol. The van der Waals surface area contributed by atoms with Gasteiger partial charge in [0.15, 0.2) is 0 Å². The smallest absolute Gasteiger partial charge is 0.210 e. The van der Waals surface area contributed by atoms with Crippen molar-refractivity contribution in [2.24, 2.45) is 0 Å². The zero-order valence-corrected chi connectivity index (χ0v) is 15.6. The number of rotatable bonds is 6. The van der Waals surface area contributed by atoms with Crippen LogP contribution < -0.4 is 4.72 Å². The van der Waals surface area contributed by atoms with E-state index in [4.69, 9.17) is 0 Å². The third-order valence-corrected chi connectivity index (χ3v) is 6.69. The van der Waals surface area contributed by atoms with E-state index in [0.717, 1.165) is 25.7 Å². The van der Waals surface area contributed by atoms with Crippen molar-refractivity contribution in [1.82, 2.24) is 24.9 Å². The summed E-state index contributed by atoms with van der Waals surface area (Å²) in [6.07, 6.45) is 5.65. The summed E-state index contributed by atoms with van der Waals surface area (Å²) in [5.41, 5.74) is 1.66. The first-order chi connectivity index (χ1) is 13.1. The van der Waals surface area contributed by atoms with Gasteiger partial charge < -0.3 is 0 Å². The molecule has 0 radical (unpaired) electrons.